The summed E-state index contributed by atoms with van der Waals surface area (Å²) >= 11 is 12.5. The number of benzene rings is 2. The minimum absolute atomic E-state index is 0.200. The number of hydrogen-bond acceptors (Lipinski definition) is 4. The first-order chi connectivity index (χ1) is 12.0. The van der Waals surface area contributed by atoms with Crippen LogP contribution in [0.2, 0.25) is 10.0 Å². The molecule has 2 aromatic carbocycles. The number of anilines is 2. The Balaban J connectivity index is 1.85. The number of aromatic nitrogens is 2. The topological polar surface area (TPSA) is 79.2 Å². The highest BCUT2D eigenvalue weighted by Gasteiger charge is 2.25. The van der Waals surface area contributed by atoms with Crippen molar-refractivity contribution in [3.8, 4) is 0 Å². The number of fused-ring (bicyclic) bond motifs is 1. The lowest BCUT2D eigenvalue weighted by Gasteiger charge is -2.30. The molecule has 1 saturated heterocycles. The van der Waals surface area contributed by atoms with Crippen LogP contribution in [0.3, 0.4) is 0 Å². The Labute approximate surface area is 153 Å². The van der Waals surface area contributed by atoms with E-state index in [0.717, 1.165) is 18.6 Å². The highest BCUT2D eigenvalue weighted by molar-refractivity contribution is 6.39. The molecule has 128 valence electrons. The molecule has 1 aromatic heterocycles. The molecule has 1 aliphatic heterocycles. The van der Waals surface area contributed by atoms with Crippen molar-refractivity contribution in [2.24, 2.45) is 0 Å². The third-order valence-corrected chi connectivity index (χ3v) is 4.89. The van der Waals surface area contributed by atoms with Gasteiger partial charge in [-0.05, 0) is 30.3 Å². The standard InChI is InChI=1S/C17H14Cl2N4O2/c18-11-2-1-3-12(19)15(11)22-17-21-13-6-9(16(24)25)4-5-14(13)23(17)10-7-20-8-10/h1-6,10,20H,7-8H2,(H,21,22)(H,24,25). The van der Waals surface area contributed by atoms with Gasteiger partial charge in [-0.25, -0.2) is 9.78 Å². The molecular formula is C17H14Cl2N4O2. The fourth-order valence-corrected chi connectivity index (χ4v) is 3.37. The number of hydrogen-bond donors (Lipinski definition) is 3. The van der Waals surface area contributed by atoms with Gasteiger partial charge in [0.15, 0.2) is 0 Å². The van der Waals surface area contributed by atoms with E-state index in [0.29, 0.717) is 27.2 Å². The smallest absolute Gasteiger partial charge is 0.335 e. The van der Waals surface area contributed by atoms with Crippen LogP contribution in [0.15, 0.2) is 36.4 Å². The Bertz CT molecular complexity index is 962. The van der Waals surface area contributed by atoms with Gasteiger partial charge in [0.25, 0.3) is 0 Å². The number of nitrogens with zero attached hydrogens (tertiary/aromatic N) is 2. The summed E-state index contributed by atoms with van der Waals surface area (Å²) in [6.07, 6.45) is 0. The van der Waals surface area contributed by atoms with Crippen LogP contribution in [-0.4, -0.2) is 33.7 Å². The second-order valence-corrected chi connectivity index (χ2v) is 6.66. The molecule has 0 radical (unpaired) electrons. The third-order valence-electron chi connectivity index (χ3n) is 4.26. The zero-order valence-electron chi connectivity index (χ0n) is 13.0. The molecule has 3 aromatic rings. The summed E-state index contributed by atoms with van der Waals surface area (Å²) in [5.74, 6) is -0.399. The molecule has 8 heteroatoms. The molecule has 3 N–H and O–H groups in total. The summed E-state index contributed by atoms with van der Waals surface area (Å²) in [7, 11) is 0. The van der Waals surface area contributed by atoms with Gasteiger partial charge in [0, 0.05) is 13.1 Å². The maximum Gasteiger partial charge on any atom is 0.335 e. The van der Waals surface area contributed by atoms with E-state index >= 15 is 0 Å². The second kappa shape index (κ2) is 6.22. The molecule has 1 aliphatic rings. The lowest BCUT2D eigenvalue weighted by molar-refractivity contribution is 0.0697. The number of nitrogens with one attached hydrogen (secondary N) is 2. The number of carbonyl (C=O) groups is 1. The van der Waals surface area contributed by atoms with Crippen LogP contribution in [0.25, 0.3) is 11.0 Å². The summed E-state index contributed by atoms with van der Waals surface area (Å²) in [6, 6.07) is 10.4. The van der Waals surface area contributed by atoms with Crippen molar-refractivity contribution in [3.05, 3.63) is 52.0 Å². The van der Waals surface area contributed by atoms with E-state index in [1.165, 1.54) is 0 Å². The van der Waals surface area contributed by atoms with Gasteiger partial charge in [0.2, 0.25) is 5.95 Å². The van der Waals surface area contributed by atoms with Gasteiger partial charge in [-0.1, -0.05) is 29.3 Å². The monoisotopic (exact) mass is 376 g/mol. The van der Waals surface area contributed by atoms with Gasteiger partial charge < -0.3 is 20.3 Å². The zero-order valence-corrected chi connectivity index (χ0v) is 14.5. The summed E-state index contributed by atoms with van der Waals surface area (Å²) in [5, 5.41) is 16.6. The number of aromatic carboxylic acids is 1. The van der Waals surface area contributed by atoms with E-state index in [1.54, 1.807) is 36.4 Å². The van der Waals surface area contributed by atoms with Crippen LogP contribution >= 0.6 is 23.2 Å². The highest BCUT2D eigenvalue weighted by Crippen LogP contribution is 2.35. The largest absolute Gasteiger partial charge is 0.478 e. The molecule has 0 aliphatic carbocycles. The highest BCUT2D eigenvalue weighted by atomic mass is 35.5. The Kier molecular flexibility index (Phi) is 4.03. The molecule has 0 atom stereocenters. The lowest BCUT2D eigenvalue weighted by Crippen LogP contribution is -2.43. The maximum atomic E-state index is 11.2. The van der Waals surface area contributed by atoms with Gasteiger partial charge in [-0.2, -0.15) is 0 Å². The zero-order chi connectivity index (χ0) is 17.6. The molecule has 0 amide bonds. The van der Waals surface area contributed by atoms with Crippen LogP contribution in [0, 0.1) is 0 Å². The molecule has 25 heavy (non-hydrogen) atoms. The van der Waals surface area contributed by atoms with Crippen molar-refractivity contribution in [2.45, 2.75) is 6.04 Å². The normalized spacial score (nSPS) is 14.5. The van der Waals surface area contributed by atoms with E-state index in [2.05, 4.69) is 20.2 Å². The van der Waals surface area contributed by atoms with Crippen molar-refractivity contribution in [1.82, 2.24) is 14.9 Å². The summed E-state index contributed by atoms with van der Waals surface area (Å²) in [5.41, 5.74) is 2.25. The number of rotatable bonds is 4. The fourth-order valence-electron chi connectivity index (χ4n) is 2.87. The number of carboxylic acid groups (broad SMARTS) is 1. The summed E-state index contributed by atoms with van der Waals surface area (Å²) in [6.45, 7) is 1.63. The molecule has 0 bridgehead atoms. The van der Waals surface area contributed by atoms with Crippen LogP contribution in [0.5, 0.6) is 0 Å². The maximum absolute atomic E-state index is 11.2. The number of carboxylic acids is 1. The summed E-state index contributed by atoms with van der Waals surface area (Å²) < 4.78 is 2.05. The van der Waals surface area contributed by atoms with E-state index < -0.39 is 5.97 Å². The minimum atomic E-state index is -0.981. The first kappa shape index (κ1) is 16.2. The van der Waals surface area contributed by atoms with Crippen molar-refractivity contribution in [1.29, 1.82) is 0 Å². The molecule has 1 fully saturated rings. The second-order valence-electron chi connectivity index (χ2n) is 5.85. The predicted molar refractivity (Wildman–Crippen MR) is 98.3 cm³/mol. The number of imidazole rings is 1. The van der Waals surface area contributed by atoms with E-state index in [9.17, 15) is 9.90 Å². The first-order valence-corrected chi connectivity index (χ1v) is 8.47. The van der Waals surface area contributed by atoms with Crippen molar-refractivity contribution in [3.63, 3.8) is 0 Å². The van der Waals surface area contributed by atoms with Crippen LogP contribution in [0.4, 0.5) is 11.6 Å². The Morgan fingerprint density at radius 1 is 1.24 bits per heavy atom. The Morgan fingerprint density at radius 3 is 2.56 bits per heavy atom. The molecule has 0 saturated carbocycles. The minimum Gasteiger partial charge on any atom is -0.478 e. The molecule has 2 heterocycles. The van der Waals surface area contributed by atoms with Crippen LogP contribution in [0.1, 0.15) is 16.4 Å². The van der Waals surface area contributed by atoms with Gasteiger partial charge in [0.1, 0.15) is 0 Å². The number of para-hydroxylation sites is 1. The third kappa shape index (κ3) is 2.82. The number of halogens is 2. The Morgan fingerprint density at radius 2 is 1.96 bits per heavy atom. The predicted octanol–water partition coefficient (Wildman–Crippen LogP) is 3.93. The fraction of sp³-hybridized carbons (Fsp3) is 0.176. The molecule has 4 rings (SSSR count). The van der Waals surface area contributed by atoms with Gasteiger partial charge in [-0.3, -0.25) is 0 Å². The quantitative estimate of drug-likeness (QED) is 0.642. The van der Waals surface area contributed by atoms with E-state index in [4.69, 9.17) is 23.2 Å². The van der Waals surface area contributed by atoms with Crippen molar-refractivity contribution in [2.75, 3.05) is 18.4 Å². The average Bonchev–Trinajstić information content (AvgIpc) is 2.87. The molecule has 6 nitrogen and oxygen atoms in total. The van der Waals surface area contributed by atoms with E-state index in [-0.39, 0.29) is 11.6 Å². The van der Waals surface area contributed by atoms with Crippen molar-refractivity contribution >= 4 is 51.8 Å². The van der Waals surface area contributed by atoms with Gasteiger partial charge in [-0.15, -0.1) is 0 Å². The SMILES string of the molecule is O=C(O)c1ccc2c(c1)nc(Nc1c(Cl)cccc1Cl)n2C1CNC1. The van der Waals surface area contributed by atoms with Crippen LogP contribution in [-0.2, 0) is 0 Å². The van der Waals surface area contributed by atoms with Crippen molar-refractivity contribution < 1.29 is 9.90 Å². The Hall–Kier alpha value is -2.28. The van der Waals surface area contributed by atoms with Crippen LogP contribution < -0.4 is 10.6 Å². The lowest BCUT2D eigenvalue weighted by atomic mass is 10.1. The van der Waals surface area contributed by atoms with Gasteiger partial charge >= 0.3 is 5.97 Å². The van der Waals surface area contributed by atoms with Gasteiger partial charge in [0.05, 0.1) is 38.4 Å². The van der Waals surface area contributed by atoms with E-state index in [1.807, 2.05) is 0 Å². The average molecular weight is 377 g/mol. The molecule has 0 unspecified atom stereocenters. The molecule has 0 spiro atoms. The molecular weight excluding hydrogens is 363 g/mol. The first-order valence-electron chi connectivity index (χ1n) is 7.71. The summed E-state index contributed by atoms with van der Waals surface area (Å²) in [4.78, 5) is 15.8.